The third-order valence-electron chi connectivity index (χ3n) is 4.23. The fourth-order valence-electron chi connectivity index (χ4n) is 3.15. The highest BCUT2D eigenvalue weighted by Gasteiger charge is 2.30. The molecule has 2 aliphatic rings. The number of thioether (sulfide) groups is 1. The first-order valence-electron chi connectivity index (χ1n) is 7.73. The molecule has 3 rings (SSSR count). The van der Waals surface area contributed by atoms with Gasteiger partial charge in [0.25, 0.3) is 0 Å². The van der Waals surface area contributed by atoms with Crippen molar-refractivity contribution in [3.63, 3.8) is 0 Å². The summed E-state index contributed by atoms with van der Waals surface area (Å²) in [6.45, 7) is 6.43. The lowest BCUT2D eigenvalue weighted by Crippen LogP contribution is -2.47. The Hall–Kier alpha value is -1.01. The van der Waals surface area contributed by atoms with E-state index in [4.69, 9.17) is 4.52 Å². The van der Waals surface area contributed by atoms with Crippen LogP contribution in [0.2, 0.25) is 0 Å². The van der Waals surface area contributed by atoms with E-state index in [1.54, 1.807) is 0 Å². The second kappa shape index (κ2) is 6.83. The molecule has 0 N–H and O–H groups in total. The van der Waals surface area contributed by atoms with Crippen LogP contribution in [-0.4, -0.2) is 58.5 Å². The van der Waals surface area contributed by atoms with Gasteiger partial charge < -0.3 is 9.42 Å². The van der Waals surface area contributed by atoms with Crippen molar-refractivity contribution in [2.24, 2.45) is 5.92 Å². The van der Waals surface area contributed by atoms with Gasteiger partial charge in [-0.05, 0) is 26.3 Å². The van der Waals surface area contributed by atoms with Crippen LogP contribution in [0.5, 0.6) is 0 Å². The lowest BCUT2D eigenvalue weighted by molar-refractivity contribution is -0.137. The number of carbonyl (C=O) groups is 1. The topological polar surface area (TPSA) is 49.6 Å². The van der Waals surface area contributed by atoms with Gasteiger partial charge in [0.1, 0.15) is 0 Å². The summed E-state index contributed by atoms with van der Waals surface area (Å²) in [6.07, 6.45) is 2.11. The smallest absolute Gasteiger partial charge is 0.227 e. The molecular weight excluding hydrogens is 286 g/mol. The van der Waals surface area contributed by atoms with Gasteiger partial charge in [-0.25, -0.2) is 0 Å². The molecular formula is C15H23N3O2S. The molecule has 0 bridgehead atoms. The fourth-order valence-corrected chi connectivity index (χ4v) is 4.06. The maximum Gasteiger partial charge on any atom is 0.227 e. The number of rotatable bonds is 3. The predicted molar refractivity (Wildman–Crippen MR) is 83.1 cm³/mol. The van der Waals surface area contributed by atoms with Crippen molar-refractivity contribution in [1.29, 1.82) is 0 Å². The molecule has 1 aromatic rings. The minimum Gasteiger partial charge on any atom is -0.360 e. The van der Waals surface area contributed by atoms with Crippen LogP contribution in [0.15, 0.2) is 10.6 Å². The molecule has 0 aliphatic carbocycles. The monoisotopic (exact) mass is 309 g/mol. The number of carbonyl (C=O) groups excluding carboxylic acids is 1. The molecule has 0 saturated carbocycles. The van der Waals surface area contributed by atoms with Crippen LogP contribution >= 0.6 is 11.8 Å². The van der Waals surface area contributed by atoms with Gasteiger partial charge in [0.15, 0.2) is 5.76 Å². The van der Waals surface area contributed by atoms with Crippen LogP contribution in [0.3, 0.4) is 0 Å². The number of aromatic nitrogens is 1. The Labute approximate surface area is 130 Å². The summed E-state index contributed by atoms with van der Waals surface area (Å²) < 4.78 is 5.29. The van der Waals surface area contributed by atoms with E-state index in [-0.39, 0.29) is 5.92 Å². The summed E-state index contributed by atoms with van der Waals surface area (Å²) in [5, 5.41) is 3.93. The van der Waals surface area contributed by atoms with E-state index in [0.29, 0.717) is 5.91 Å². The van der Waals surface area contributed by atoms with Crippen molar-refractivity contribution >= 4 is 17.7 Å². The van der Waals surface area contributed by atoms with Gasteiger partial charge in [-0.2, -0.15) is 11.8 Å². The Balaban J connectivity index is 1.56. The molecule has 1 aromatic heterocycles. The van der Waals surface area contributed by atoms with Gasteiger partial charge in [-0.15, -0.1) is 0 Å². The Morgan fingerprint density at radius 2 is 2.24 bits per heavy atom. The van der Waals surface area contributed by atoms with Gasteiger partial charge in [-0.3, -0.25) is 9.69 Å². The standard InChI is InChI=1S/C15H23N3O2S/c1-12-9-14(20-16-12)11-17-4-2-3-13(10-17)15(19)18-5-7-21-8-6-18/h9,13H,2-8,10-11H2,1H3. The number of amides is 1. The molecule has 3 heterocycles. The van der Waals surface area contributed by atoms with Crippen molar-refractivity contribution in [2.75, 3.05) is 37.7 Å². The van der Waals surface area contributed by atoms with E-state index in [1.165, 1.54) is 0 Å². The number of hydrogen-bond acceptors (Lipinski definition) is 5. The van der Waals surface area contributed by atoms with Crippen molar-refractivity contribution in [3.05, 3.63) is 17.5 Å². The largest absolute Gasteiger partial charge is 0.360 e. The van der Waals surface area contributed by atoms with Gasteiger partial charge >= 0.3 is 0 Å². The predicted octanol–water partition coefficient (Wildman–Crippen LogP) is 1.77. The lowest BCUT2D eigenvalue weighted by atomic mass is 9.96. The van der Waals surface area contributed by atoms with Crippen LogP contribution in [0.25, 0.3) is 0 Å². The summed E-state index contributed by atoms with van der Waals surface area (Å²) in [5.41, 5.74) is 0.917. The Morgan fingerprint density at radius 3 is 2.95 bits per heavy atom. The number of piperidine rings is 1. The third kappa shape index (κ3) is 3.80. The van der Waals surface area contributed by atoms with Crippen LogP contribution < -0.4 is 0 Å². The van der Waals surface area contributed by atoms with Crippen LogP contribution in [0.4, 0.5) is 0 Å². The zero-order valence-electron chi connectivity index (χ0n) is 12.6. The normalized spacial score (nSPS) is 24.2. The van der Waals surface area contributed by atoms with E-state index in [9.17, 15) is 4.79 Å². The first-order valence-corrected chi connectivity index (χ1v) is 8.89. The third-order valence-corrected chi connectivity index (χ3v) is 5.18. The lowest BCUT2D eigenvalue weighted by Gasteiger charge is -2.35. The van der Waals surface area contributed by atoms with Crippen LogP contribution in [0, 0.1) is 12.8 Å². The molecule has 0 aromatic carbocycles. The summed E-state index contributed by atoms with van der Waals surface area (Å²) in [6, 6.07) is 1.98. The Morgan fingerprint density at radius 1 is 1.43 bits per heavy atom. The highest BCUT2D eigenvalue weighted by Crippen LogP contribution is 2.22. The number of likely N-dealkylation sites (tertiary alicyclic amines) is 1. The summed E-state index contributed by atoms with van der Waals surface area (Å²) in [7, 11) is 0. The van der Waals surface area contributed by atoms with E-state index in [2.05, 4.69) is 15.0 Å². The molecule has 2 aliphatic heterocycles. The Bertz CT molecular complexity index is 485. The number of nitrogens with zero attached hydrogens (tertiary/aromatic N) is 3. The van der Waals surface area contributed by atoms with Crippen molar-refractivity contribution in [2.45, 2.75) is 26.3 Å². The molecule has 0 spiro atoms. The summed E-state index contributed by atoms with van der Waals surface area (Å²) in [5.74, 6) is 3.58. The highest BCUT2D eigenvalue weighted by atomic mass is 32.2. The Kier molecular flexibility index (Phi) is 4.85. The van der Waals surface area contributed by atoms with Gasteiger partial charge in [0.2, 0.25) is 5.91 Å². The second-order valence-electron chi connectivity index (χ2n) is 5.95. The maximum atomic E-state index is 12.6. The molecule has 1 atom stereocenters. The van der Waals surface area contributed by atoms with Crippen molar-refractivity contribution in [3.8, 4) is 0 Å². The molecule has 6 heteroatoms. The molecule has 5 nitrogen and oxygen atoms in total. The van der Waals surface area contributed by atoms with Gasteiger partial charge in [0, 0.05) is 37.2 Å². The number of hydrogen-bond donors (Lipinski definition) is 0. The van der Waals surface area contributed by atoms with Crippen molar-refractivity contribution in [1.82, 2.24) is 15.0 Å². The summed E-state index contributed by atoms with van der Waals surface area (Å²) >= 11 is 1.94. The van der Waals surface area contributed by atoms with Gasteiger partial charge in [-0.1, -0.05) is 5.16 Å². The molecule has 21 heavy (non-hydrogen) atoms. The minimum absolute atomic E-state index is 0.158. The zero-order chi connectivity index (χ0) is 14.7. The second-order valence-corrected chi connectivity index (χ2v) is 7.17. The van der Waals surface area contributed by atoms with Crippen LogP contribution in [-0.2, 0) is 11.3 Å². The highest BCUT2D eigenvalue weighted by molar-refractivity contribution is 7.99. The average Bonchev–Trinajstić information content (AvgIpc) is 2.93. The fraction of sp³-hybridized carbons (Fsp3) is 0.733. The maximum absolute atomic E-state index is 12.6. The van der Waals surface area contributed by atoms with E-state index in [1.807, 2.05) is 24.8 Å². The van der Waals surface area contributed by atoms with E-state index in [0.717, 1.165) is 68.5 Å². The molecule has 2 fully saturated rings. The van der Waals surface area contributed by atoms with Crippen LogP contribution in [0.1, 0.15) is 24.3 Å². The average molecular weight is 309 g/mol. The molecule has 116 valence electrons. The quantitative estimate of drug-likeness (QED) is 0.852. The van der Waals surface area contributed by atoms with Gasteiger partial charge in [0.05, 0.1) is 18.2 Å². The zero-order valence-corrected chi connectivity index (χ0v) is 13.4. The van der Waals surface area contributed by atoms with Crippen molar-refractivity contribution < 1.29 is 9.32 Å². The molecule has 0 radical (unpaired) electrons. The molecule has 2 saturated heterocycles. The summed E-state index contributed by atoms with van der Waals surface area (Å²) in [4.78, 5) is 17.0. The first-order chi connectivity index (χ1) is 10.2. The first kappa shape index (κ1) is 14.9. The number of aryl methyl sites for hydroxylation is 1. The van der Waals surface area contributed by atoms with E-state index < -0.39 is 0 Å². The SMILES string of the molecule is Cc1cc(CN2CCCC(C(=O)N3CCSCC3)C2)on1. The van der Waals surface area contributed by atoms with E-state index >= 15 is 0 Å². The minimum atomic E-state index is 0.158. The molecule has 1 amide bonds. The molecule has 1 unspecified atom stereocenters.